The second kappa shape index (κ2) is 10.4. The van der Waals surface area contributed by atoms with Crippen LogP contribution in [0.5, 0.6) is 0 Å². The first-order valence-electron chi connectivity index (χ1n) is 11.0. The number of amides is 1. The lowest BCUT2D eigenvalue weighted by Gasteiger charge is -2.28. The van der Waals surface area contributed by atoms with Crippen LogP contribution >= 0.6 is 0 Å². The highest BCUT2D eigenvalue weighted by atomic mass is 19.1. The van der Waals surface area contributed by atoms with E-state index in [-0.39, 0.29) is 11.7 Å². The monoisotopic (exact) mass is 437 g/mol. The van der Waals surface area contributed by atoms with Gasteiger partial charge in [0.15, 0.2) is 0 Å². The molecular weight excluding hydrogens is 409 g/mol. The zero-order valence-electron chi connectivity index (χ0n) is 18.3. The van der Waals surface area contributed by atoms with Crippen LogP contribution in [0.2, 0.25) is 0 Å². The minimum absolute atomic E-state index is 0.0201. The molecule has 0 radical (unpaired) electrons. The molecule has 7 heteroatoms. The molecule has 2 aromatic carbocycles. The summed E-state index contributed by atoms with van der Waals surface area (Å²) in [6.07, 6.45) is 1.13. The molecule has 32 heavy (non-hydrogen) atoms. The van der Waals surface area contributed by atoms with E-state index in [1.807, 2.05) is 42.2 Å². The maximum atomic E-state index is 14.6. The van der Waals surface area contributed by atoms with Crippen LogP contribution in [0.4, 0.5) is 10.3 Å². The Morgan fingerprint density at radius 3 is 2.53 bits per heavy atom. The van der Waals surface area contributed by atoms with E-state index in [9.17, 15) is 9.18 Å². The van der Waals surface area contributed by atoms with Crippen LogP contribution in [0, 0.1) is 5.82 Å². The molecule has 1 aliphatic heterocycles. The Labute approximate surface area is 187 Å². The van der Waals surface area contributed by atoms with E-state index < -0.39 is 0 Å². The standard InChI is InChI=1S/C25H28FN3O3/c1-2-12-29(23(30)17-19-8-4-3-5-9-19)18-21-24(20-10-6-7-11-22(20)26)27-32-25(21)28-13-15-31-16-14-28/h3-11H,2,12-18H2,1H3. The topological polar surface area (TPSA) is 58.8 Å². The molecule has 4 rings (SSSR count). The number of nitrogens with zero attached hydrogens (tertiary/aromatic N) is 3. The van der Waals surface area contributed by atoms with E-state index in [0.717, 1.165) is 17.5 Å². The van der Waals surface area contributed by atoms with Gasteiger partial charge in [0.05, 0.1) is 31.7 Å². The summed E-state index contributed by atoms with van der Waals surface area (Å²) >= 11 is 0. The van der Waals surface area contributed by atoms with Crippen molar-refractivity contribution in [3.8, 4) is 11.3 Å². The van der Waals surface area contributed by atoms with Crippen LogP contribution in [-0.4, -0.2) is 48.8 Å². The van der Waals surface area contributed by atoms with Crippen molar-refractivity contribution in [1.82, 2.24) is 10.1 Å². The van der Waals surface area contributed by atoms with Crippen LogP contribution in [-0.2, 0) is 22.5 Å². The van der Waals surface area contributed by atoms with E-state index in [2.05, 4.69) is 10.1 Å². The highest BCUT2D eigenvalue weighted by molar-refractivity contribution is 5.79. The fraction of sp³-hybridized carbons (Fsp3) is 0.360. The number of rotatable bonds is 8. The third-order valence-electron chi connectivity index (χ3n) is 5.59. The number of carbonyl (C=O) groups excluding carboxylic acids is 1. The fourth-order valence-electron chi connectivity index (χ4n) is 3.96. The lowest BCUT2D eigenvalue weighted by Crippen LogP contribution is -2.37. The van der Waals surface area contributed by atoms with Gasteiger partial charge < -0.3 is 19.1 Å². The van der Waals surface area contributed by atoms with E-state index >= 15 is 0 Å². The molecular formula is C25H28FN3O3. The molecule has 0 atom stereocenters. The Kier molecular flexibility index (Phi) is 7.17. The Morgan fingerprint density at radius 2 is 1.81 bits per heavy atom. The number of hydrogen-bond donors (Lipinski definition) is 0. The van der Waals surface area contributed by atoms with Crippen molar-refractivity contribution in [2.45, 2.75) is 26.3 Å². The zero-order valence-corrected chi connectivity index (χ0v) is 18.3. The van der Waals surface area contributed by atoms with Crippen molar-refractivity contribution >= 4 is 11.8 Å². The van der Waals surface area contributed by atoms with E-state index in [1.54, 1.807) is 18.2 Å². The average molecular weight is 438 g/mol. The van der Waals surface area contributed by atoms with Crippen molar-refractivity contribution in [3.05, 3.63) is 71.5 Å². The summed E-state index contributed by atoms with van der Waals surface area (Å²) in [4.78, 5) is 17.1. The van der Waals surface area contributed by atoms with Gasteiger partial charge in [-0.3, -0.25) is 4.79 Å². The maximum Gasteiger partial charge on any atom is 0.233 e. The second-order valence-corrected chi connectivity index (χ2v) is 7.87. The molecule has 0 unspecified atom stereocenters. The predicted octanol–water partition coefficient (Wildman–Crippen LogP) is 4.30. The molecule has 0 saturated carbocycles. The van der Waals surface area contributed by atoms with Gasteiger partial charge in [-0.15, -0.1) is 0 Å². The number of halogens is 1. The summed E-state index contributed by atoms with van der Waals surface area (Å²) in [7, 11) is 0. The number of aromatic nitrogens is 1. The summed E-state index contributed by atoms with van der Waals surface area (Å²) in [5, 5.41) is 4.24. The highest BCUT2D eigenvalue weighted by Crippen LogP contribution is 2.34. The van der Waals surface area contributed by atoms with Gasteiger partial charge in [-0.2, -0.15) is 0 Å². The molecule has 1 aliphatic rings. The molecule has 1 amide bonds. The van der Waals surface area contributed by atoms with Gasteiger partial charge in [0.25, 0.3) is 0 Å². The number of anilines is 1. The first-order valence-corrected chi connectivity index (χ1v) is 11.0. The van der Waals surface area contributed by atoms with Gasteiger partial charge in [-0.25, -0.2) is 4.39 Å². The SMILES string of the molecule is CCCN(Cc1c(-c2ccccc2F)noc1N1CCOCC1)C(=O)Cc1ccccc1. The zero-order chi connectivity index (χ0) is 22.3. The molecule has 0 spiro atoms. The molecule has 3 aromatic rings. The van der Waals surface area contributed by atoms with Gasteiger partial charge in [0.2, 0.25) is 11.8 Å². The summed E-state index contributed by atoms with van der Waals surface area (Å²) in [6.45, 7) is 5.42. The van der Waals surface area contributed by atoms with E-state index in [0.29, 0.717) is 63.0 Å². The summed E-state index contributed by atoms with van der Waals surface area (Å²) in [6, 6.07) is 16.2. The number of hydrogen-bond acceptors (Lipinski definition) is 5. The van der Waals surface area contributed by atoms with E-state index in [4.69, 9.17) is 9.26 Å². The summed E-state index contributed by atoms with van der Waals surface area (Å²) < 4.78 is 25.8. The van der Waals surface area contributed by atoms with Crippen LogP contribution in [0.1, 0.15) is 24.5 Å². The number of ether oxygens (including phenoxy) is 1. The average Bonchev–Trinajstić information content (AvgIpc) is 3.23. The first kappa shape index (κ1) is 22.0. The molecule has 0 bridgehead atoms. The van der Waals surface area contributed by atoms with Crippen LogP contribution in [0.3, 0.4) is 0 Å². The van der Waals surface area contributed by atoms with Crippen LogP contribution in [0.25, 0.3) is 11.3 Å². The first-order chi connectivity index (χ1) is 15.7. The summed E-state index contributed by atoms with van der Waals surface area (Å²) in [5.41, 5.74) is 2.51. The van der Waals surface area contributed by atoms with Crippen molar-refractivity contribution < 1.29 is 18.4 Å². The van der Waals surface area contributed by atoms with Gasteiger partial charge in [0, 0.05) is 25.2 Å². The van der Waals surface area contributed by atoms with Gasteiger partial charge in [-0.05, 0) is 24.1 Å². The number of benzene rings is 2. The van der Waals surface area contributed by atoms with Gasteiger partial charge in [-0.1, -0.05) is 54.5 Å². The number of morpholine rings is 1. The molecule has 0 aliphatic carbocycles. The van der Waals surface area contributed by atoms with Gasteiger partial charge in [0.1, 0.15) is 11.5 Å². The smallest absolute Gasteiger partial charge is 0.233 e. The third-order valence-corrected chi connectivity index (χ3v) is 5.59. The molecule has 2 heterocycles. The van der Waals surface area contributed by atoms with Crippen LogP contribution < -0.4 is 4.90 Å². The van der Waals surface area contributed by atoms with Crippen molar-refractivity contribution in [2.75, 3.05) is 37.7 Å². The largest absolute Gasteiger partial charge is 0.378 e. The molecule has 1 fully saturated rings. The quantitative estimate of drug-likeness (QED) is 0.526. The molecule has 0 N–H and O–H groups in total. The Morgan fingerprint density at radius 1 is 1.09 bits per heavy atom. The molecule has 1 aromatic heterocycles. The van der Waals surface area contributed by atoms with Crippen molar-refractivity contribution in [2.24, 2.45) is 0 Å². The van der Waals surface area contributed by atoms with E-state index in [1.165, 1.54) is 6.07 Å². The minimum atomic E-state index is -0.367. The molecule has 6 nitrogen and oxygen atoms in total. The normalized spacial score (nSPS) is 13.9. The molecule has 168 valence electrons. The number of carbonyl (C=O) groups is 1. The van der Waals surface area contributed by atoms with Gasteiger partial charge >= 0.3 is 0 Å². The summed E-state index contributed by atoms with van der Waals surface area (Å²) in [5.74, 6) is 0.236. The lowest BCUT2D eigenvalue weighted by molar-refractivity contribution is -0.131. The van der Waals surface area contributed by atoms with Crippen molar-refractivity contribution in [3.63, 3.8) is 0 Å². The second-order valence-electron chi connectivity index (χ2n) is 7.87. The minimum Gasteiger partial charge on any atom is -0.378 e. The highest BCUT2D eigenvalue weighted by Gasteiger charge is 2.28. The van der Waals surface area contributed by atoms with Crippen LogP contribution in [0.15, 0.2) is 59.1 Å². The molecule has 1 saturated heterocycles. The Balaban J connectivity index is 1.67. The predicted molar refractivity (Wildman–Crippen MR) is 121 cm³/mol. The lowest BCUT2D eigenvalue weighted by atomic mass is 10.1. The Hall–Kier alpha value is -3.19. The Bertz CT molecular complexity index is 1030. The maximum absolute atomic E-state index is 14.6. The van der Waals surface area contributed by atoms with Crippen molar-refractivity contribution in [1.29, 1.82) is 0 Å². The fourth-order valence-corrected chi connectivity index (χ4v) is 3.96. The third kappa shape index (κ3) is 4.99.